The summed E-state index contributed by atoms with van der Waals surface area (Å²) in [5.74, 6) is 0.357. The average Bonchev–Trinajstić information content (AvgIpc) is 3.04. The van der Waals surface area contributed by atoms with E-state index in [1.165, 1.54) is 4.57 Å². The first-order chi connectivity index (χ1) is 13.9. The first kappa shape index (κ1) is 19.0. The second kappa shape index (κ2) is 7.58. The Morgan fingerprint density at radius 2 is 1.62 bits per heavy atom. The lowest BCUT2D eigenvalue weighted by Crippen LogP contribution is -2.19. The van der Waals surface area contributed by atoms with Crippen LogP contribution in [0, 0.1) is 0 Å². The van der Waals surface area contributed by atoms with E-state index in [9.17, 15) is 18.0 Å². The molecule has 2 heterocycles. The molecular formula is C22H18F3N3O. The summed E-state index contributed by atoms with van der Waals surface area (Å²) >= 11 is 0. The van der Waals surface area contributed by atoms with Gasteiger partial charge in [-0.2, -0.15) is 13.2 Å². The van der Waals surface area contributed by atoms with Crippen LogP contribution in [-0.2, 0) is 12.8 Å². The molecule has 1 N–H and O–H groups in total. The Morgan fingerprint density at radius 1 is 0.966 bits per heavy atom. The minimum atomic E-state index is -4.34. The van der Waals surface area contributed by atoms with Crippen molar-refractivity contribution in [3.05, 3.63) is 94.2 Å². The molecule has 0 unspecified atom stereocenters. The summed E-state index contributed by atoms with van der Waals surface area (Å²) in [6, 6.07) is 19.1. The van der Waals surface area contributed by atoms with E-state index in [4.69, 9.17) is 0 Å². The summed E-state index contributed by atoms with van der Waals surface area (Å²) < 4.78 is 39.3. The molecule has 0 spiro atoms. The van der Waals surface area contributed by atoms with Gasteiger partial charge in [-0.05, 0) is 11.1 Å². The highest BCUT2D eigenvalue weighted by atomic mass is 19.4. The second-order valence-electron chi connectivity index (χ2n) is 6.85. The van der Waals surface area contributed by atoms with Crippen molar-refractivity contribution in [1.82, 2.24) is 14.5 Å². The minimum absolute atomic E-state index is 0.0738. The fourth-order valence-electron chi connectivity index (χ4n) is 3.29. The van der Waals surface area contributed by atoms with Gasteiger partial charge < -0.3 is 4.98 Å². The number of nitrogens with zero attached hydrogens (tertiary/aromatic N) is 2. The Bertz CT molecular complexity index is 1130. The fourth-order valence-corrected chi connectivity index (χ4v) is 3.29. The van der Waals surface area contributed by atoms with Crippen molar-refractivity contribution in [3.63, 3.8) is 0 Å². The van der Waals surface area contributed by atoms with E-state index in [2.05, 4.69) is 9.97 Å². The molecule has 0 aromatic heterocycles. The van der Waals surface area contributed by atoms with Gasteiger partial charge in [0, 0.05) is 25.5 Å². The summed E-state index contributed by atoms with van der Waals surface area (Å²) in [7, 11) is 0. The summed E-state index contributed by atoms with van der Waals surface area (Å²) in [5, 5.41) is 0. The Balaban J connectivity index is 1.83. The maximum Gasteiger partial charge on any atom is 0.389 e. The van der Waals surface area contributed by atoms with Gasteiger partial charge >= 0.3 is 6.18 Å². The first-order valence-electron chi connectivity index (χ1n) is 9.20. The number of hydrogen-bond donors (Lipinski definition) is 1. The van der Waals surface area contributed by atoms with Crippen molar-refractivity contribution in [2.45, 2.75) is 25.4 Å². The van der Waals surface area contributed by atoms with Crippen LogP contribution in [0.1, 0.15) is 23.4 Å². The lowest BCUT2D eigenvalue weighted by atomic mass is 10.1. The van der Waals surface area contributed by atoms with E-state index in [0.29, 0.717) is 23.6 Å². The van der Waals surface area contributed by atoms with Crippen molar-refractivity contribution in [3.8, 4) is 17.1 Å². The van der Waals surface area contributed by atoms with Gasteiger partial charge in [0.05, 0.1) is 11.4 Å². The molecule has 0 amide bonds. The average molecular weight is 397 g/mol. The van der Waals surface area contributed by atoms with Crippen molar-refractivity contribution in [1.29, 1.82) is 0 Å². The van der Waals surface area contributed by atoms with E-state index >= 15 is 0 Å². The highest BCUT2D eigenvalue weighted by Gasteiger charge is 2.29. The number of aromatic amines is 1. The molecule has 0 fully saturated rings. The lowest BCUT2D eigenvalue weighted by Gasteiger charge is -2.13. The van der Waals surface area contributed by atoms with Gasteiger partial charge in [0.15, 0.2) is 5.82 Å². The van der Waals surface area contributed by atoms with Gasteiger partial charge in [-0.1, -0.05) is 60.7 Å². The SMILES string of the molecule is O=c1c(CCC(F)(F)F)nc2c(Cc3ccccc3)[nH]c(-c3ccccc3)cn1-2. The molecule has 0 saturated heterocycles. The van der Waals surface area contributed by atoms with Crippen LogP contribution in [-0.4, -0.2) is 20.7 Å². The first-order valence-corrected chi connectivity index (χ1v) is 9.20. The smallest absolute Gasteiger partial charge is 0.354 e. The molecule has 0 bridgehead atoms. The molecular weight excluding hydrogens is 379 g/mol. The van der Waals surface area contributed by atoms with Gasteiger partial charge in [-0.3, -0.25) is 9.36 Å². The zero-order valence-electron chi connectivity index (χ0n) is 15.4. The van der Waals surface area contributed by atoms with E-state index in [1.807, 2.05) is 60.7 Å². The third-order valence-corrected chi connectivity index (χ3v) is 4.70. The van der Waals surface area contributed by atoms with Crippen molar-refractivity contribution >= 4 is 0 Å². The number of benzene rings is 2. The lowest BCUT2D eigenvalue weighted by molar-refractivity contribution is -0.134. The molecule has 2 aromatic rings. The predicted octanol–water partition coefficient (Wildman–Crippen LogP) is 4.75. The Hall–Kier alpha value is -3.35. The maximum atomic E-state index is 12.8. The molecule has 2 aliphatic rings. The largest absolute Gasteiger partial charge is 0.389 e. The molecule has 0 saturated carbocycles. The van der Waals surface area contributed by atoms with Crippen LogP contribution >= 0.6 is 0 Å². The summed E-state index contributed by atoms with van der Waals surface area (Å²) in [5.41, 5.74) is 2.66. The zero-order chi connectivity index (χ0) is 20.4. The van der Waals surface area contributed by atoms with Crippen LogP contribution in [0.25, 0.3) is 17.1 Å². The van der Waals surface area contributed by atoms with E-state index in [0.717, 1.165) is 11.1 Å². The van der Waals surface area contributed by atoms with Gasteiger partial charge in [-0.25, -0.2) is 4.98 Å². The number of aryl methyl sites for hydroxylation is 1. The Morgan fingerprint density at radius 3 is 2.28 bits per heavy atom. The van der Waals surface area contributed by atoms with Crippen LogP contribution in [0.5, 0.6) is 0 Å². The molecule has 7 heteroatoms. The van der Waals surface area contributed by atoms with Gasteiger partial charge in [0.25, 0.3) is 5.56 Å². The van der Waals surface area contributed by atoms with Gasteiger partial charge in [0.2, 0.25) is 0 Å². The van der Waals surface area contributed by atoms with E-state index in [-0.39, 0.29) is 5.69 Å². The zero-order valence-corrected chi connectivity index (χ0v) is 15.4. The quantitative estimate of drug-likeness (QED) is 0.528. The highest BCUT2D eigenvalue weighted by Crippen LogP contribution is 2.25. The number of hydrogen-bond acceptors (Lipinski definition) is 2. The number of H-pyrrole nitrogens is 1. The summed E-state index contributed by atoms with van der Waals surface area (Å²) in [4.78, 5) is 20.3. The topological polar surface area (TPSA) is 50.7 Å². The van der Waals surface area contributed by atoms with Crippen LogP contribution in [0.3, 0.4) is 0 Å². The number of rotatable bonds is 5. The van der Waals surface area contributed by atoms with Crippen molar-refractivity contribution in [2.75, 3.05) is 0 Å². The Labute approximate surface area is 165 Å². The van der Waals surface area contributed by atoms with Crippen molar-refractivity contribution < 1.29 is 13.2 Å². The maximum absolute atomic E-state index is 12.8. The van der Waals surface area contributed by atoms with Crippen LogP contribution in [0.4, 0.5) is 13.2 Å². The van der Waals surface area contributed by atoms with Crippen LogP contribution < -0.4 is 5.56 Å². The fraction of sp³-hybridized carbons (Fsp3) is 0.182. The standard InChI is InChI=1S/C22H18F3N3O/c23-22(24,25)12-11-17-21(29)28-14-19(16-9-5-2-6-10-16)26-18(20(28)27-17)13-15-7-3-1-4-8-15/h1-10,14,26H,11-13H2. The monoisotopic (exact) mass is 397 g/mol. The highest BCUT2D eigenvalue weighted by molar-refractivity contribution is 5.60. The third kappa shape index (κ3) is 4.23. The Kier molecular flexibility index (Phi) is 4.96. The number of nitrogens with one attached hydrogen (secondary N) is 1. The molecule has 0 atom stereocenters. The third-order valence-electron chi connectivity index (χ3n) is 4.70. The second-order valence-corrected chi connectivity index (χ2v) is 6.85. The normalized spacial score (nSPS) is 11.8. The number of aromatic nitrogens is 3. The summed E-state index contributed by atoms with van der Waals surface area (Å²) in [6.45, 7) is 0. The molecule has 4 nitrogen and oxygen atoms in total. The molecule has 29 heavy (non-hydrogen) atoms. The summed E-state index contributed by atoms with van der Waals surface area (Å²) in [6.07, 6.45) is -3.77. The van der Waals surface area contributed by atoms with Crippen LogP contribution in [0.15, 0.2) is 71.7 Å². The van der Waals surface area contributed by atoms with Gasteiger partial charge in [-0.15, -0.1) is 0 Å². The number of fused-ring (bicyclic) bond motifs is 1. The van der Waals surface area contributed by atoms with Crippen molar-refractivity contribution in [2.24, 2.45) is 0 Å². The van der Waals surface area contributed by atoms with Gasteiger partial charge in [0.1, 0.15) is 5.69 Å². The molecule has 148 valence electrons. The number of alkyl halides is 3. The molecule has 0 aliphatic carbocycles. The van der Waals surface area contributed by atoms with Crippen LogP contribution in [0.2, 0.25) is 0 Å². The van der Waals surface area contributed by atoms with E-state index in [1.54, 1.807) is 6.20 Å². The minimum Gasteiger partial charge on any atom is -0.354 e. The molecule has 2 aliphatic heterocycles. The molecule has 2 aromatic carbocycles. The molecule has 4 rings (SSSR count). The number of halogens is 3. The predicted molar refractivity (Wildman–Crippen MR) is 104 cm³/mol. The number of imidazole rings is 1. The molecule has 0 radical (unpaired) electrons. The van der Waals surface area contributed by atoms with E-state index < -0.39 is 24.6 Å².